The van der Waals surface area contributed by atoms with E-state index in [-0.39, 0.29) is 17.7 Å². The fraction of sp³-hybridized carbons (Fsp3) is 0.812. The lowest BCUT2D eigenvalue weighted by atomic mass is 9.95. The number of nitrogens with zero attached hydrogens (tertiary/aromatic N) is 2. The third-order valence-electron chi connectivity index (χ3n) is 5.25. The third kappa shape index (κ3) is 3.25. The lowest BCUT2D eigenvalue weighted by Crippen LogP contribution is -2.44. The second-order valence-electron chi connectivity index (χ2n) is 6.85. The predicted molar refractivity (Wildman–Crippen MR) is 79.0 cm³/mol. The molecule has 0 aromatic carbocycles. The van der Waals surface area contributed by atoms with Crippen molar-refractivity contribution in [2.45, 2.75) is 38.5 Å². The molecule has 22 heavy (non-hydrogen) atoms. The lowest BCUT2D eigenvalue weighted by Gasteiger charge is -2.36. The molecule has 3 rings (SSSR count). The number of carboxylic acid groups (broad SMARTS) is 1. The predicted octanol–water partition coefficient (Wildman–Crippen LogP) is 0.958. The van der Waals surface area contributed by atoms with Crippen LogP contribution in [-0.4, -0.2) is 58.9 Å². The van der Waals surface area contributed by atoms with Gasteiger partial charge in [0.2, 0.25) is 11.8 Å². The molecule has 2 aliphatic heterocycles. The molecule has 2 amide bonds. The standard InChI is InChI=1S/C16H24N2O4/c19-14-3-1-2-6-18(14)10-11-4-7-17(8-5-11)15(20)12-9-13(12)16(21)22/h11-13H,1-10H2,(H,21,22)/t12-,13+/m0/s1. The molecule has 0 radical (unpaired) electrons. The number of carbonyl (C=O) groups is 3. The van der Waals surface area contributed by atoms with E-state index in [0.717, 1.165) is 38.8 Å². The Morgan fingerprint density at radius 1 is 1.09 bits per heavy atom. The van der Waals surface area contributed by atoms with Gasteiger partial charge in [-0.15, -0.1) is 0 Å². The van der Waals surface area contributed by atoms with Gasteiger partial charge in [-0.1, -0.05) is 0 Å². The normalized spacial score (nSPS) is 29.5. The molecule has 0 aromatic heterocycles. The van der Waals surface area contributed by atoms with Gasteiger partial charge in [0.25, 0.3) is 0 Å². The van der Waals surface area contributed by atoms with Crippen LogP contribution < -0.4 is 0 Å². The van der Waals surface area contributed by atoms with Crippen LogP contribution in [0.3, 0.4) is 0 Å². The van der Waals surface area contributed by atoms with Crippen molar-refractivity contribution < 1.29 is 19.5 Å². The van der Waals surface area contributed by atoms with Gasteiger partial charge in [-0.2, -0.15) is 0 Å². The summed E-state index contributed by atoms with van der Waals surface area (Å²) in [7, 11) is 0. The molecule has 0 spiro atoms. The van der Waals surface area contributed by atoms with Crippen LogP contribution in [0.5, 0.6) is 0 Å². The van der Waals surface area contributed by atoms with Gasteiger partial charge in [0, 0.05) is 32.6 Å². The quantitative estimate of drug-likeness (QED) is 0.839. The second kappa shape index (κ2) is 6.26. The van der Waals surface area contributed by atoms with Crippen molar-refractivity contribution in [3.63, 3.8) is 0 Å². The molecule has 2 saturated heterocycles. The van der Waals surface area contributed by atoms with Gasteiger partial charge in [0.15, 0.2) is 0 Å². The molecule has 2 heterocycles. The van der Waals surface area contributed by atoms with E-state index in [0.29, 0.717) is 31.8 Å². The molecule has 0 unspecified atom stereocenters. The van der Waals surface area contributed by atoms with Gasteiger partial charge in [-0.3, -0.25) is 14.4 Å². The van der Waals surface area contributed by atoms with Gasteiger partial charge in [-0.25, -0.2) is 0 Å². The molecule has 3 fully saturated rings. The number of amides is 2. The number of rotatable bonds is 4. The van der Waals surface area contributed by atoms with Gasteiger partial charge in [-0.05, 0) is 38.0 Å². The fourth-order valence-corrected chi connectivity index (χ4v) is 3.68. The molecular formula is C16H24N2O4. The van der Waals surface area contributed by atoms with E-state index in [1.807, 2.05) is 9.80 Å². The summed E-state index contributed by atoms with van der Waals surface area (Å²) in [5.74, 6) is -0.849. The molecule has 1 saturated carbocycles. The van der Waals surface area contributed by atoms with Crippen LogP contribution in [-0.2, 0) is 14.4 Å². The van der Waals surface area contributed by atoms with Crippen LogP contribution >= 0.6 is 0 Å². The average Bonchev–Trinajstić information content (AvgIpc) is 3.30. The number of hydrogen-bond donors (Lipinski definition) is 1. The monoisotopic (exact) mass is 308 g/mol. The maximum atomic E-state index is 12.2. The first-order valence-corrected chi connectivity index (χ1v) is 8.35. The Balaban J connectivity index is 1.43. The van der Waals surface area contributed by atoms with Crippen molar-refractivity contribution in [3.05, 3.63) is 0 Å². The first-order chi connectivity index (χ1) is 10.6. The zero-order valence-electron chi connectivity index (χ0n) is 12.9. The van der Waals surface area contributed by atoms with Crippen LogP contribution in [0.4, 0.5) is 0 Å². The fourth-order valence-electron chi connectivity index (χ4n) is 3.68. The largest absolute Gasteiger partial charge is 0.481 e. The molecule has 0 bridgehead atoms. The highest BCUT2D eigenvalue weighted by molar-refractivity contribution is 5.89. The Morgan fingerprint density at radius 3 is 2.41 bits per heavy atom. The van der Waals surface area contributed by atoms with Crippen LogP contribution in [0.1, 0.15) is 38.5 Å². The Bertz CT molecular complexity index is 471. The summed E-state index contributed by atoms with van der Waals surface area (Å²) in [5.41, 5.74) is 0. The minimum Gasteiger partial charge on any atom is -0.481 e. The Kier molecular flexibility index (Phi) is 4.36. The minimum absolute atomic E-state index is 0.0138. The van der Waals surface area contributed by atoms with Crippen molar-refractivity contribution in [3.8, 4) is 0 Å². The van der Waals surface area contributed by atoms with Crippen molar-refractivity contribution in [1.82, 2.24) is 9.80 Å². The maximum Gasteiger partial charge on any atom is 0.307 e. The number of likely N-dealkylation sites (tertiary alicyclic amines) is 2. The molecule has 1 N–H and O–H groups in total. The highest BCUT2D eigenvalue weighted by Gasteiger charge is 2.50. The van der Waals surface area contributed by atoms with Gasteiger partial charge in [0.1, 0.15) is 0 Å². The number of carbonyl (C=O) groups excluding carboxylic acids is 2. The third-order valence-corrected chi connectivity index (χ3v) is 5.25. The second-order valence-corrected chi connectivity index (χ2v) is 6.85. The summed E-state index contributed by atoms with van der Waals surface area (Å²) in [5, 5.41) is 8.91. The Hall–Kier alpha value is -1.59. The number of piperidine rings is 2. The van der Waals surface area contributed by atoms with E-state index in [1.165, 1.54) is 0 Å². The molecule has 6 nitrogen and oxygen atoms in total. The number of aliphatic carboxylic acids is 1. The minimum atomic E-state index is -0.850. The first kappa shape index (κ1) is 15.3. The summed E-state index contributed by atoms with van der Waals surface area (Å²) in [6.07, 6.45) is 5.11. The molecule has 0 aromatic rings. The SMILES string of the molecule is O=C(O)[C@@H]1C[C@@H]1C(=O)N1CCC(CN2CCCCC2=O)CC1. The molecule has 122 valence electrons. The van der Waals surface area contributed by atoms with Crippen molar-refractivity contribution in [2.24, 2.45) is 17.8 Å². The van der Waals surface area contributed by atoms with Gasteiger partial charge < -0.3 is 14.9 Å². The topological polar surface area (TPSA) is 77.9 Å². The van der Waals surface area contributed by atoms with Crippen LogP contribution in [0, 0.1) is 17.8 Å². The molecule has 6 heteroatoms. The lowest BCUT2D eigenvalue weighted by molar-refractivity contribution is -0.142. The Morgan fingerprint density at radius 2 is 1.82 bits per heavy atom. The molecule has 3 aliphatic rings. The van der Waals surface area contributed by atoms with Crippen molar-refractivity contribution >= 4 is 17.8 Å². The first-order valence-electron chi connectivity index (χ1n) is 8.35. The number of carboxylic acids is 1. The number of hydrogen-bond acceptors (Lipinski definition) is 3. The smallest absolute Gasteiger partial charge is 0.307 e. The Labute approximate surface area is 130 Å². The van der Waals surface area contributed by atoms with Gasteiger partial charge >= 0.3 is 5.97 Å². The van der Waals surface area contributed by atoms with Crippen LogP contribution in [0.2, 0.25) is 0 Å². The van der Waals surface area contributed by atoms with E-state index in [2.05, 4.69) is 0 Å². The van der Waals surface area contributed by atoms with Crippen LogP contribution in [0.15, 0.2) is 0 Å². The zero-order valence-corrected chi connectivity index (χ0v) is 12.9. The summed E-state index contributed by atoms with van der Waals surface area (Å²) in [4.78, 5) is 38.7. The van der Waals surface area contributed by atoms with Crippen molar-refractivity contribution in [1.29, 1.82) is 0 Å². The highest BCUT2D eigenvalue weighted by Crippen LogP contribution is 2.40. The van der Waals surface area contributed by atoms with E-state index in [1.54, 1.807) is 0 Å². The average molecular weight is 308 g/mol. The van der Waals surface area contributed by atoms with Crippen LogP contribution in [0.25, 0.3) is 0 Å². The maximum absolute atomic E-state index is 12.2. The van der Waals surface area contributed by atoms with E-state index >= 15 is 0 Å². The van der Waals surface area contributed by atoms with E-state index in [9.17, 15) is 14.4 Å². The highest BCUT2D eigenvalue weighted by atomic mass is 16.4. The van der Waals surface area contributed by atoms with E-state index in [4.69, 9.17) is 5.11 Å². The zero-order chi connectivity index (χ0) is 15.7. The molecular weight excluding hydrogens is 284 g/mol. The van der Waals surface area contributed by atoms with Gasteiger partial charge in [0.05, 0.1) is 11.8 Å². The summed E-state index contributed by atoms with van der Waals surface area (Å²) >= 11 is 0. The van der Waals surface area contributed by atoms with Crippen molar-refractivity contribution in [2.75, 3.05) is 26.2 Å². The molecule has 1 aliphatic carbocycles. The summed E-state index contributed by atoms with van der Waals surface area (Å²) in [6.45, 7) is 3.10. The molecule has 2 atom stereocenters. The summed E-state index contributed by atoms with van der Waals surface area (Å²) in [6, 6.07) is 0. The van der Waals surface area contributed by atoms with E-state index < -0.39 is 11.9 Å². The summed E-state index contributed by atoms with van der Waals surface area (Å²) < 4.78 is 0.